The molecule has 83 heavy (non-hydrogen) atoms. The Bertz CT molecular complexity index is 5870. The molecule has 0 aliphatic heterocycles. The van der Waals surface area contributed by atoms with Crippen LogP contribution in [0.5, 0.6) is 11.5 Å². The van der Waals surface area contributed by atoms with Crippen molar-refractivity contribution in [1.29, 1.82) is 0 Å². The zero-order chi connectivity index (χ0) is 82.1. The number of imidazole rings is 1. The molecule has 0 fully saturated rings. The van der Waals surface area contributed by atoms with Gasteiger partial charge < -0.3 is 4.74 Å². The van der Waals surface area contributed by atoms with Crippen molar-refractivity contribution in [3.05, 3.63) is 283 Å². The summed E-state index contributed by atoms with van der Waals surface area (Å²) in [4.78, 5) is 4.71. The normalized spacial score (nSPS) is 17.6. The molecule has 0 N–H and O–H groups in total. The lowest BCUT2D eigenvalue weighted by molar-refractivity contribution is -0.572. The Hall–Kier alpha value is -9.36. The maximum absolute atomic E-state index is 10.1. The quantitative estimate of drug-likeness (QED) is 0.0560. The summed E-state index contributed by atoms with van der Waals surface area (Å²) in [6.45, 7) is 2.18. The van der Waals surface area contributed by atoms with Gasteiger partial charge in [-0.1, -0.05) is 229 Å². The third-order valence-electron chi connectivity index (χ3n) is 14.9. The number of rotatable bonds is 11. The Morgan fingerprint density at radius 2 is 1.14 bits per heavy atom. The van der Waals surface area contributed by atoms with Crippen LogP contribution in [-0.2, 0) is 10.8 Å². The molecule has 10 aromatic carbocycles. The molecule has 406 valence electrons. The molecule has 0 atom stereocenters. The van der Waals surface area contributed by atoms with Gasteiger partial charge in [0.1, 0.15) is 17.3 Å². The highest BCUT2D eigenvalue weighted by atomic mass is 28.3. The van der Waals surface area contributed by atoms with Crippen molar-refractivity contribution in [1.82, 2.24) is 14.1 Å². The summed E-state index contributed by atoms with van der Waals surface area (Å²) in [7, 11) is -6.05. The minimum absolute atomic E-state index is 0.0551. The van der Waals surface area contributed by atoms with Gasteiger partial charge in [0.2, 0.25) is 0 Å². The Morgan fingerprint density at radius 3 is 1.78 bits per heavy atom. The number of nitrogens with zero attached hydrogens (tertiary/aromatic N) is 4. The van der Waals surface area contributed by atoms with Gasteiger partial charge in [0.05, 0.1) is 60.9 Å². The molecule has 0 saturated heterocycles. The maximum atomic E-state index is 10.1. The molecule has 13 aromatic rings. The smallest absolute Gasteiger partial charge is 0.269 e. The van der Waals surface area contributed by atoms with Gasteiger partial charge in [0.25, 0.3) is 6.33 Å². The fraction of sp³-hybridized carbons (Fsp3) is 0.143. The van der Waals surface area contributed by atoms with E-state index in [4.69, 9.17) is 33.0 Å². The zero-order valence-corrected chi connectivity index (χ0v) is 46.8. The van der Waals surface area contributed by atoms with Gasteiger partial charge in [-0.3, -0.25) is 13.7 Å². The monoisotopic (exact) mass is 1120 g/mol. The van der Waals surface area contributed by atoms with Crippen molar-refractivity contribution in [2.45, 2.75) is 72.9 Å². The summed E-state index contributed by atoms with van der Waals surface area (Å²) in [6.07, 6.45) is 4.66. The van der Waals surface area contributed by atoms with Gasteiger partial charge in [0.15, 0.2) is 8.07 Å². The lowest BCUT2D eigenvalue weighted by Gasteiger charge is -2.39. The molecule has 0 amide bonds. The molecule has 0 unspecified atom stereocenters. The molecule has 3 heterocycles. The van der Waals surface area contributed by atoms with E-state index in [-0.39, 0.29) is 83.9 Å². The van der Waals surface area contributed by atoms with E-state index in [0.717, 1.165) is 6.20 Å². The summed E-state index contributed by atoms with van der Waals surface area (Å²) >= 11 is 0. The lowest BCUT2D eigenvalue weighted by Crippen LogP contribution is -2.76. The standard InChI is InChI=1S/C77H68N4OSi/c1-52-26-24-27-53(2)74(52)56-40-43-69-71(45-56)79(58-30-25-31-59(48-58)82-60-41-42-65-64-38-22-23-39-68(64)81(70(65)49-60)73-44-54(3)66(50-78-73)55-28-14-10-15-29-55)51-80(69)75-67(77(7,8)9)46-57(76(4,5)6)47-72(75)83(61-32-16-11-17-33-61,62-34-18-12-19-35-62)63-36-20-13-21-37-63/h10-50H,1-9H3/i1D3,2D3,3D3,10D,11D,12D,13D,14D,15D,16D,17D,18D,19D,20D,21D,28D,29D,32D,33D,34D,35D,36D,37D. The predicted molar refractivity (Wildman–Crippen MR) is 348 cm³/mol. The number of hydrogen-bond acceptors (Lipinski definition) is 2. The van der Waals surface area contributed by atoms with Crippen molar-refractivity contribution in [3.8, 4) is 50.9 Å². The molecule has 0 saturated carbocycles. The highest BCUT2D eigenvalue weighted by molar-refractivity contribution is 7.20. The van der Waals surface area contributed by atoms with E-state index >= 15 is 0 Å². The van der Waals surface area contributed by atoms with E-state index in [1.807, 2.05) is 59.7 Å². The second-order valence-corrected chi connectivity index (χ2v) is 25.6. The summed E-state index contributed by atoms with van der Waals surface area (Å²) in [5.74, 6) is 0.412. The number of benzene rings is 10. The van der Waals surface area contributed by atoms with Crippen LogP contribution in [0.25, 0.3) is 72.3 Å². The average molecular weight is 1120 g/mol. The SMILES string of the molecule is [2H]c1c([2H])c([2H])c(-c2cnc(-n3c4ccccc4c4ccc(Oc5cccc(-n6[c-][n+](-c7c(C(C)(C)C)cc(C(C)(C)C)cc7[Si](c7c([2H])c([2H])c([2H])c([2H])c7[2H])(c7c([2H])c([2H])c([2H])c([2H])c7[2H])c7c([2H])c([2H])c([2H])c([2H])c7[2H])c7ccc(-c8c(C([2H])([2H])[2H])cccc8C([2H])([2H])[2H])cc76)c5)cc43)cc2C([2H])([2H])[2H])c([2H])c1[2H]. The molecule has 0 aliphatic carbocycles. The van der Waals surface area contributed by atoms with Gasteiger partial charge in [-0.25, -0.2) is 4.98 Å². The van der Waals surface area contributed by atoms with E-state index in [1.165, 1.54) is 51.6 Å². The van der Waals surface area contributed by atoms with Crippen molar-refractivity contribution >= 4 is 61.7 Å². The molecule has 0 aliphatic rings. The van der Waals surface area contributed by atoms with E-state index in [0.29, 0.717) is 32.9 Å². The second-order valence-electron chi connectivity index (χ2n) is 22.1. The van der Waals surface area contributed by atoms with Crippen LogP contribution >= 0.6 is 0 Å². The van der Waals surface area contributed by atoms with E-state index < -0.39 is 176 Å². The van der Waals surface area contributed by atoms with Crippen LogP contribution in [0.1, 0.15) is 109 Å². The summed E-state index contributed by atoms with van der Waals surface area (Å²) < 4.78 is 277. The third kappa shape index (κ3) is 9.37. The molecule has 6 heteroatoms. The predicted octanol–water partition coefficient (Wildman–Crippen LogP) is 16.2. The van der Waals surface area contributed by atoms with Gasteiger partial charge in [-0.2, -0.15) is 0 Å². The first-order valence-corrected chi connectivity index (χ1v) is 28.5. The topological polar surface area (TPSA) is 35.9 Å². The van der Waals surface area contributed by atoms with Crippen molar-refractivity contribution < 1.29 is 49.1 Å². The van der Waals surface area contributed by atoms with Crippen LogP contribution in [0.15, 0.2) is 248 Å². The molecule has 0 spiro atoms. The number of hydrogen-bond donors (Lipinski definition) is 0. The Labute approximate surface area is 530 Å². The zero-order valence-electron chi connectivity index (χ0n) is 74.8. The molecule has 3 aromatic heterocycles. The maximum Gasteiger partial charge on any atom is 0.269 e. The van der Waals surface area contributed by atoms with Crippen molar-refractivity contribution in [3.63, 3.8) is 0 Å². The second kappa shape index (κ2) is 20.9. The number of aryl methyl sites for hydroxylation is 3. The van der Waals surface area contributed by atoms with Gasteiger partial charge in [-0.15, -0.1) is 0 Å². The summed E-state index contributed by atoms with van der Waals surface area (Å²) in [6, 6.07) is 14.0. The van der Waals surface area contributed by atoms with Crippen LogP contribution in [0.3, 0.4) is 0 Å². The summed E-state index contributed by atoms with van der Waals surface area (Å²) in [5, 5.41) is -1.12. The molecular formula is C77H68N4OSi. The number of fused-ring (bicyclic) bond motifs is 4. The van der Waals surface area contributed by atoms with Crippen LogP contribution in [0.2, 0.25) is 0 Å². The summed E-state index contributed by atoms with van der Waals surface area (Å²) in [5.41, 5.74) is -1.71. The van der Waals surface area contributed by atoms with Gasteiger partial charge in [0, 0.05) is 40.9 Å². The first-order valence-electron chi connectivity index (χ1n) is 41.0. The highest BCUT2D eigenvalue weighted by Gasteiger charge is 2.45. The number of ether oxygens (including phenoxy) is 1. The first-order chi connectivity index (χ1) is 52.1. The van der Waals surface area contributed by atoms with Gasteiger partial charge >= 0.3 is 0 Å². The Morgan fingerprint density at radius 1 is 0.530 bits per heavy atom. The molecule has 0 radical (unpaired) electrons. The van der Waals surface area contributed by atoms with Crippen LogP contribution < -0.4 is 30.1 Å². The largest absolute Gasteiger partial charge is 0.458 e. The first kappa shape index (κ1) is 29.6. The van der Waals surface area contributed by atoms with Crippen LogP contribution in [-0.4, -0.2) is 22.2 Å². The fourth-order valence-corrected chi connectivity index (χ4v) is 15.0. The molecule has 5 nitrogen and oxygen atoms in total. The minimum Gasteiger partial charge on any atom is -0.458 e. The van der Waals surface area contributed by atoms with E-state index in [9.17, 15) is 16.4 Å². The van der Waals surface area contributed by atoms with Crippen LogP contribution in [0, 0.1) is 26.9 Å². The van der Waals surface area contributed by atoms with E-state index in [2.05, 4.69) is 6.33 Å². The molecular weight excluding hydrogens is 1020 g/mol. The highest BCUT2D eigenvalue weighted by Crippen LogP contribution is 2.39. The Kier molecular flexibility index (Phi) is 7.43. The average Bonchev–Trinajstić information content (AvgIpc) is 0.843. The third-order valence-corrected chi connectivity index (χ3v) is 19.1. The lowest BCUT2D eigenvalue weighted by atomic mass is 9.79. The van der Waals surface area contributed by atoms with E-state index in [1.54, 1.807) is 65.2 Å². The van der Waals surface area contributed by atoms with Gasteiger partial charge in [-0.05, 0) is 145 Å². The fourth-order valence-electron chi connectivity index (χ4n) is 11.0. The number of pyridine rings is 1. The van der Waals surface area contributed by atoms with Crippen molar-refractivity contribution in [2.75, 3.05) is 0 Å². The molecule has 13 rings (SSSR count). The van der Waals surface area contributed by atoms with Crippen LogP contribution in [0.4, 0.5) is 0 Å². The molecule has 0 bridgehead atoms. The minimum atomic E-state index is -6.05. The number of para-hydroxylation sites is 1. The Balaban J connectivity index is 1.15. The number of aromatic nitrogens is 4. The van der Waals surface area contributed by atoms with Crippen molar-refractivity contribution in [2.24, 2.45) is 0 Å².